The largest absolute Gasteiger partial charge is 0.456 e. The van der Waals surface area contributed by atoms with Crippen LogP contribution < -0.4 is 14.6 Å². The zero-order valence-corrected chi connectivity index (χ0v) is 23.0. The van der Waals surface area contributed by atoms with Crippen LogP contribution in [0.5, 0.6) is 5.75 Å². The highest BCUT2D eigenvalue weighted by Crippen LogP contribution is 2.41. The van der Waals surface area contributed by atoms with Crippen LogP contribution >= 0.6 is 0 Å². The van der Waals surface area contributed by atoms with E-state index in [1.54, 1.807) is 12.1 Å². The molecule has 6 heteroatoms. The summed E-state index contributed by atoms with van der Waals surface area (Å²) < 4.78 is 6.36. The molecule has 0 spiro atoms. The van der Waals surface area contributed by atoms with Crippen LogP contribution in [0.25, 0.3) is 16.2 Å². The summed E-state index contributed by atoms with van der Waals surface area (Å²) in [7, 11) is 0. The molecule has 204 valence electrons. The zero-order valence-electron chi connectivity index (χ0n) is 23.0. The molecule has 43 heavy (non-hydrogen) atoms. The minimum Gasteiger partial charge on any atom is -0.456 e. The molecule has 5 aromatic carbocycles. The van der Waals surface area contributed by atoms with E-state index < -0.39 is 0 Å². The van der Waals surface area contributed by atoms with Crippen molar-refractivity contribution < 1.29 is 9.53 Å². The molecular weight excluding hydrogens is 532 g/mol. The van der Waals surface area contributed by atoms with Crippen molar-refractivity contribution in [1.82, 2.24) is 0 Å². The molecule has 0 saturated heterocycles. The number of benzene rings is 5. The Morgan fingerprint density at radius 2 is 1.23 bits per heavy atom. The SMILES string of the molecule is [C-]#[N+]C1=NN(c2ccccc2)C(=O)C1=C1C=C(c2ccc(N(c3ccccc3)c3ccccc3)cc2)Oc2ccccc21. The number of rotatable bonds is 5. The number of ether oxygens (including phenoxy) is 1. The van der Waals surface area contributed by atoms with Gasteiger partial charge in [0.05, 0.1) is 11.3 Å². The van der Waals surface area contributed by atoms with E-state index in [1.165, 1.54) is 5.01 Å². The van der Waals surface area contributed by atoms with Gasteiger partial charge >= 0.3 is 5.84 Å². The monoisotopic (exact) mass is 556 g/mol. The Hall–Kier alpha value is -6.19. The van der Waals surface area contributed by atoms with Crippen LogP contribution in [0.4, 0.5) is 22.7 Å². The average molecular weight is 557 g/mol. The second kappa shape index (κ2) is 11.0. The quantitative estimate of drug-likeness (QED) is 0.161. The molecule has 2 aliphatic rings. The van der Waals surface area contributed by atoms with Crippen molar-refractivity contribution in [2.45, 2.75) is 0 Å². The standard InChI is InChI=1S/C37H24N4O2/c1-38-36-35(37(42)41(39-36)30-17-9-4-10-18-30)32-25-34(43-33-20-12-11-19-31(32)33)26-21-23-29(24-22-26)40(27-13-5-2-6-14-27)28-15-7-3-8-16-28/h2-25H. The second-order valence-electron chi connectivity index (χ2n) is 9.94. The van der Waals surface area contributed by atoms with Gasteiger partial charge in [-0.1, -0.05) is 79.4 Å². The summed E-state index contributed by atoms with van der Waals surface area (Å²) in [5, 5.41) is 5.68. The smallest absolute Gasteiger partial charge is 0.307 e. The van der Waals surface area contributed by atoms with Crippen LogP contribution in [0.15, 0.2) is 156 Å². The number of hydrogen-bond acceptors (Lipinski definition) is 4. The van der Waals surface area contributed by atoms with Gasteiger partial charge in [0.15, 0.2) is 0 Å². The van der Waals surface area contributed by atoms with Crippen molar-refractivity contribution in [3.8, 4) is 5.75 Å². The number of allylic oxidation sites excluding steroid dienone is 2. The Labute approximate surface area is 249 Å². The molecule has 0 bridgehead atoms. The number of carbonyl (C=O) groups excluding carboxylic acids is 1. The predicted molar refractivity (Wildman–Crippen MR) is 171 cm³/mol. The van der Waals surface area contributed by atoms with E-state index in [-0.39, 0.29) is 17.3 Å². The maximum absolute atomic E-state index is 13.8. The van der Waals surface area contributed by atoms with Crippen molar-refractivity contribution in [2.75, 3.05) is 9.91 Å². The second-order valence-corrected chi connectivity index (χ2v) is 9.94. The first-order valence-corrected chi connectivity index (χ1v) is 13.8. The maximum atomic E-state index is 13.8. The van der Waals surface area contributed by atoms with Gasteiger partial charge in [-0.25, -0.2) is 0 Å². The number of hydrazone groups is 1. The zero-order chi connectivity index (χ0) is 29.2. The fourth-order valence-corrected chi connectivity index (χ4v) is 5.31. The molecule has 0 unspecified atom stereocenters. The molecule has 0 aliphatic carbocycles. The van der Waals surface area contributed by atoms with Crippen molar-refractivity contribution in [3.05, 3.63) is 174 Å². The average Bonchev–Trinajstić information content (AvgIpc) is 3.42. The van der Waals surface area contributed by atoms with Crippen LogP contribution in [0.2, 0.25) is 0 Å². The van der Waals surface area contributed by atoms with Gasteiger partial charge in [-0.3, -0.25) is 4.79 Å². The lowest BCUT2D eigenvalue weighted by Gasteiger charge is -2.26. The fraction of sp³-hybridized carbons (Fsp3) is 0. The minimum absolute atomic E-state index is 0.0490. The molecule has 0 atom stereocenters. The Kier molecular flexibility index (Phi) is 6.59. The van der Waals surface area contributed by atoms with Gasteiger partial charge in [-0.05, 0) is 83.5 Å². The molecular formula is C37H24N4O2. The number of carbonyl (C=O) groups is 1. The van der Waals surface area contributed by atoms with E-state index in [0.717, 1.165) is 28.2 Å². The van der Waals surface area contributed by atoms with Gasteiger partial charge < -0.3 is 14.5 Å². The van der Waals surface area contributed by atoms with Gasteiger partial charge in [0, 0.05) is 28.2 Å². The molecule has 0 saturated carbocycles. The Balaban J connectivity index is 1.31. The molecule has 0 N–H and O–H groups in total. The van der Waals surface area contributed by atoms with E-state index in [0.29, 0.717) is 22.8 Å². The minimum atomic E-state index is -0.351. The van der Waals surface area contributed by atoms with Crippen LogP contribution in [-0.2, 0) is 4.79 Å². The van der Waals surface area contributed by atoms with E-state index in [4.69, 9.17) is 11.3 Å². The molecule has 5 aromatic rings. The molecule has 1 amide bonds. The number of hydrogen-bond donors (Lipinski definition) is 0. The number of amidine groups is 1. The van der Waals surface area contributed by atoms with Gasteiger partial charge in [0.25, 0.3) is 5.91 Å². The first-order valence-electron chi connectivity index (χ1n) is 13.8. The maximum Gasteiger partial charge on any atom is 0.307 e. The van der Waals surface area contributed by atoms with Crippen molar-refractivity contribution in [2.24, 2.45) is 5.10 Å². The molecule has 2 aliphatic heterocycles. The summed E-state index contributed by atoms with van der Waals surface area (Å²) in [6, 6.07) is 45.2. The number of nitrogens with zero attached hydrogens (tertiary/aromatic N) is 4. The molecule has 6 nitrogen and oxygen atoms in total. The number of para-hydroxylation sites is 4. The summed E-state index contributed by atoms with van der Waals surface area (Å²) in [4.78, 5) is 19.6. The molecule has 0 fully saturated rings. The topological polar surface area (TPSA) is 49.5 Å². The van der Waals surface area contributed by atoms with Gasteiger partial charge in [0.1, 0.15) is 11.5 Å². The molecule has 0 aromatic heterocycles. The third-order valence-corrected chi connectivity index (χ3v) is 7.31. The third kappa shape index (κ3) is 4.75. The number of anilines is 4. The fourth-order valence-electron chi connectivity index (χ4n) is 5.31. The molecule has 0 radical (unpaired) electrons. The number of amides is 1. The third-order valence-electron chi connectivity index (χ3n) is 7.31. The summed E-state index contributed by atoms with van der Waals surface area (Å²) in [6.07, 6.45) is 1.84. The van der Waals surface area contributed by atoms with E-state index in [1.807, 2.05) is 97.1 Å². The highest BCUT2D eigenvalue weighted by atomic mass is 16.5. The Bertz CT molecular complexity index is 1920. The normalized spacial score (nSPS) is 15.6. The lowest BCUT2D eigenvalue weighted by Crippen LogP contribution is -2.22. The highest BCUT2D eigenvalue weighted by Gasteiger charge is 2.38. The van der Waals surface area contributed by atoms with Gasteiger partial charge in [-0.2, -0.15) is 0 Å². The van der Waals surface area contributed by atoms with E-state index >= 15 is 0 Å². The first kappa shape index (κ1) is 25.8. The van der Waals surface area contributed by atoms with Crippen molar-refractivity contribution in [3.63, 3.8) is 0 Å². The van der Waals surface area contributed by atoms with E-state index in [2.05, 4.69) is 51.2 Å². The van der Waals surface area contributed by atoms with Crippen molar-refractivity contribution in [1.29, 1.82) is 0 Å². The Morgan fingerprint density at radius 1 is 0.674 bits per heavy atom. The predicted octanol–water partition coefficient (Wildman–Crippen LogP) is 8.62. The lowest BCUT2D eigenvalue weighted by atomic mass is 9.94. The van der Waals surface area contributed by atoms with Crippen LogP contribution in [0.3, 0.4) is 0 Å². The highest BCUT2D eigenvalue weighted by molar-refractivity contribution is 6.37. The van der Waals surface area contributed by atoms with E-state index in [9.17, 15) is 4.79 Å². The van der Waals surface area contributed by atoms with Crippen LogP contribution in [0, 0.1) is 6.57 Å². The summed E-state index contributed by atoms with van der Waals surface area (Å²) in [6.45, 7) is 7.82. The molecule has 2 heterocycles. The van der Waals surface area contributed by atoms with Crippen LogP contribution in [-0.4, -0.2) is 11.7 Å². The van der Waals surface area contributed by atoms with Crippen molar-refractivity contribution >= 4 is 45.8 Å². The van der Waals surface area contributed by atoms with Gasteiger partial charge in [-0.15, -0.1) is 5.01 Å². The Morgan fingerprint density at radius 3 is 1.86 bits per heavy atom. The lowest BCUT2D eigenvalue weighted by molar-refractivity contribution is -0.114. The van der Waals surface area contributed by atoms with Gasteiger partial charge in [0.2, 0.25) is 0 Å². The summed E-state index contributed by atoms with van der Waals surface area (Å²) in [5.74, 6) is 0.884. The molecule has 7 rings (SSSR count). The number of fused-ring (bicyclic) bond motifs is 1. The summed E-state index contributed by atoms with van der Waals surface area (Å²) in [5.41, 5.74) is 6.11. The summed E-state index contributed by atoms with van der Waals surface area (Å²) >= 11 is 0. The van der Waals surface area contributed by atoms with Crippen LogP contribution in [0.1, 0.15) is 11.1 Å². The first-order chi connectivity index (χ1) is 21.2.